The molecule has 1 aromatic rings. The molecular weight excluding hydrogens is 407 g/mol. The van der Waals surface area contributed by atoms with Gasteiger partial charge in [0.1, 0.15) is 0 Å². The van der Waals surface area contributed by atoms with Gasteiger partial charge in [-0.3, -0.25) is 14.5 Å². The summed E-state index contributed by atoms with van der Waals surface area (Å²) in [4.78, 5) is 40.0. The maximum absolute atomic E-state index is 13.4. The number of hydrogen-bond acceptors (Lipinski definition) is 6. The van der Waals surface area contributed by atoms with Crippen molar-refractivity contribution in [3.8, 4) is 0 Å². The first-order valence-electron chi connectivity index (χ1n) is 9.63. The number of ether oxygens (including phenoxy) is 3. The molecule has 1 atom stereocenters. The highest BCUT2D eigenvalue weighted by atomic mass is 19.4. The molecule has 1 heterocycles. The average Bonchev–Trinajstić information content (AvgIpc) is 2.98. The van der Waals surface area contributed by atoms with Gasteiger partial charge in [0.25, 0.3) is 0 Å². The standard InChI is InChI=1S/C20H24F3NO6/c1-5-15-19(16(25)28-6-2,17(26)29-7-3)13-11-12(20(21,22)23)9-10-14(13)24(15)18(27)30-8-4/h9-11,15H,5-8H2,1-4H3. The Morgan fingerprint density at radius 2 is 1.50 bits per heavy atom. The summed E-state index contributed by atoms with van der Waals surface area (Å²) in [6.45, 7) is 5.92. The lowest BCUT2D eigenvalue weighted by atomic mass is 9.75. The highest BCUT2D eigenvalue weighted by molar-refractivity contribution is 6.13. The number of hydrogen-bond donors (Lipinski definition) is 0. The molecule has 0 N–H and O–H groups in total. The molecule has 0 spiro atoms. The zero-order valence-corrected chi connectivity index (χ0v) is 17.2. The van der Waals surface area contributed by atoms with Gasteiger partial charge in [-0.05, 0) is 45.4 Å². The van der Waals surface area contributed by atoms with Gasteiger partial charge in [-0.2, -0.15) is 13.2 Å². The lowest BCUT2D eigenvalue weighted by Crippen LogP contribution is -2.57. The van der Waals surface area contributed by atoms with Crippen LogP contribution >= 0.6 is 0 Å². The zero-order valence-electron chi connectivity index (χ0n) is 17.2. The molecular formula is C20H24F3NO6. The van der Waals surface area contributed by atoms with E-state index in [1.807, 2.05) is 0 Å². The van der Waals surface area contributed by atoms with E-state index in [0.29, 0.717) is 6.07 Å². The maximum atomic E-state index is 13.4. The maximum Gasteiger partial charge on any atom is 0.416 e. The Balaban J connectivity index is 2.89. The predicted octanol–water partition coefficient (Wildman–Crippen LogP) is 3.82. The van der Waals surface area contributed by atoms with Crippen molar-refractivity contribution >= 4 is 23.7 Å². The van der Waals surface area contributed by atoms with E-state index in [0.717, 1.165) is 17.0 Å². The van der Waals surface area contributed by atoms with Gasteiger partial charge in [-0.15, -0.1) is 0 Å². The molecule has 1 aliphatic rings. The summed E-state index contributed by atoms with van der Waals surface area (Å²) in [5.41, 5.74) is -3.67. The van der Waals surface area contributed by atoms with Crippen LogP contribution in [0.25, 0.3) is 0 Å². The van der Waals surface area contributed by atoms with Crippen LogP contribution in [0.2, 0.25) is 0 Å². The number of carbonyl (C=O) groups excluding carboxylic acids is 3. The third kappa shape index (κ3) is 3.70. The van der Waals surface area contributed by atoms with E-state index in [-0.39, 0.29) is 37.5 Å². The van der Waals surface area contributed by atoms with E-state index in [9.17, 15) is 27.6 Å². The number of nitrogens with zero attached hydrogens (tertiary/aromatic N) is 1. The van der Waals surface area contributed by atoms with Crippen LogP contribution in [0.3, 0.4) is 0 Å². The Hall–Kier alpha value is -2.78. The molecule has 0 fully saturated rings. The molecule has 1 unspecified atom stereocenters. The van der Waals surface area contributed by atoms with Crippen LogP contribution in [-0.4, -0.2) is 43.9 Å². The molecule has 0 bridgehead atoms. The van der Waals surface area contributed by atoms with E-state index in [1.165, 1.54) is 13.8 Å². The SMILES string of the molecule is CCOC(=O)N1c2ccc(C(F)(F)F)cc2C(C(=O)OCC)(C(=O)OCC)C1CC. The molecule has 7 nitrogen and oxygen atoms in total. The molecule has 1 amide bonds. The van der Waals surface area contributed by atoms with Crippen LogP contribution in [0.5, 0.6) is 0 Å². The van der Waals surface area contributed by atoms with Crippen molar-refractivity contribution in [1.29, 1.82) is 0 Å². The minimum atomic E-state index is -4.73. The van der Waals surface area contributed by atoms with Crippen LogP contribution in [0.15, 0.2) is 18.2 Å². The number of carbonyl (C=O) groups is 3. The van der Waals surface area contributed by atoms with Crippen LogP contribution < -0.4 is 4.90 Å². The highest BCUT2D eigenvalue weighted by Crippen LogP contribution is 2.50. The van der Waals surface area contributed by atoms with Gasteiger partial charge in [0, 0.05) is 5.56 Å². The van der Waals surface area contributed by atoms with Gasteiger partial charge in [0.15, 0.2) is 0 Å². The summed E-state index contributed by atoms with van der Waals surface area (Å²) in [7, 11) is 0. The fourth-order valence-electron chi connectivity index (χ4n) is 3.75. The molecule has 0 saturated heterocycles. The van der Waals surface area contributed by atoms with Crippen LogP contribution in [-0.2, 0) is 35.4 Å². The largest absolute Gasteiger partial charge is 0.465 e. The second kappa shape index (κ2) is 8.93. The Kier molecular flexibility index (Phi) is 6.99. The van der Waals surface area contributed by atoms with E-state index in [4.69, 9.17) is 14.2 Å². The molecule has 0 aliphatic carbocycles. The van der Waals surface area contributed by atoms with Crippen molar-refractivity contribution in [2.75, 3.05) is 24.7 Å². The lowest BCUT2D eigenvalue weighted by Gasteiger charge is -2.33. The molecule has 0 radical (unpaired) electrons. The molecule has 1 aliphatic heterocycles. The van der Waals surface area contributed by atoms with E-state index in [1.54, 1.807) is 13.8 Å². The highest BCUT2D eigenvalue weighted by Gasteiger charge is 2.65. The molecule has 0 aromatic heterocycles. The summed E-state index contributed by atoms with van der Waals surface area (Å²) in [5, 5.41) is 0. The summed E-state index contributed by atoms with van der Waals surface area (Å²) < 4.78 is 55.5. The summed E-state index contributed by atoms with van der Waals surface area (Å²) >= 11 is 0. The number of benzene rings is 1. The first kappa shape index (κ1) is 23.5. The molecule has 1 aromatic carbocycles. The van der Waals surface area contributed by atoms with Crippen LogP contribution in [0.4, 0.5) is 23.7 Å². The number of halogens is 3. The number of esters is 2. The molecule has 0 saturated carbocycles. The van der Waals surface area contributed by atoms with Crippen LogP contribution in [0, 0.1) is 0 Å². The number of amides is 1. The van der Waals surface area contributed by atoms with E-state index in [2.05, 4.69) is 0 Å². The second-order valence-corrected chi connectivity index (χ2v) is 6.47. The van der Waals surface area contributed by atoms with Gasteiger partial charge < -0.3 is 14.2 Å². The number of alkyl halides is 3. The monoisotopic (exact) mass is 431 g/mol. The number of anilines is 1. The molecule has 10 heteroatoms. The van der Waals surface area contributed by atoms with Crippen molar-refractivity contribution in [3.63, 3.8) is 0 Å². The van der Waals surface area contributed by atoms with Crippen molar-refractivity contribution < 1.29 is 41.8 Å². The van der Waals surface area contributed by atoms with Crippen molar-refractivity contribution in [2.45, 2.75) is 51.7 Å². The lowest BCUT2D eigenvalue weighted by molar-refractivity contribution is -0.166. The minimum Gasteiger partial charge on any atom is -0.465 e. The molecule has 30 heavy (non-hydrogen) atoms. The smallest absolute Gasteiger partial charge is 0.416 e. The Labute approximate surface area is 172 Å². The molecule has 2 rings (SSSR count). The fourth-order valence-corrected chi connectivity index (χ4v) is 3.75. The van der Waals surface area contributed by atoms with Gasteiger partial charge in [0.2, 0.25) is 5.41 Å². The van der Waals surface area contributed by atoms with Gasteiger partial charge >= 0.3 is 24.2 Å². The molecule has 166 valence electrons. The van der Waals surface area contributed by atoms with Gasteiger partial charge in [-0.1, -0.05) is 6.92 Å². The van der Waals surface area contributed by atoms with Crippen molar-refractivity contribution in [1.82, 2.24) is 0 Å². The summed E-state index contributed by atoms with van der Waals surface area (Å²) in [6.07, 6.45) is -5.57. The Bertz CT molecular complexity index is 805. The van der Waals surface area contributed by atoms with Crippen molar-refractivity contribution in [2.24, 2.45) is 0 Å². The van der Waals surface area contributed by atoms with Gasteiger partial charge in [0.05, 0.1) is 37.1 Å². The number of rotatable bonds is 6. The summed E-state index contributed by atoms with van der Waals surface area (Å²) in [5.74, 6) is -2.16. The Morgan fingerprint density at radius 1 is 0.967 bits per heavy atom. The quantitative estimate of drug-likeness (QED) is 0.387. The number of fused-ring (bicyclic) bond motifs is 1. The minimum absolute atomic E-state index is 0.00640. The topological polar surface area (TPSA) is 82.1 Å². The first-order chi connectivity index (χ1) is 14.1. The average molecular weight is 431 g/mol. The van der Waals surface area contributed by atoms with E-state index < -0.39 is 41.2 Å². The third-order valence-electron chi connectivity index (χ3n) is 4.87. The normalized spacial score (nSPS) is 17.3. The first-order valence-corrected chi connectivity index (χ1v) is 9.63. The predicted molar refractivity (Wildman–Crippen MR) is 100.0 cm³/mol. The van der Waals surface area contributed by atoms with E-state index >= 15 is 0 Å². The fraction of sp³-hybridized carbons (Fsp3) is 0.550. The summed E-state index contributed by atoms with van der Waals surface area (Å²) in [6, 6.07) is 1.35. The van der Waals surface area contributed by atoms with Crippen LogP contribution in [0.1, 0.15) is 45.2 Å². The third-order valence-corrected chi connectivity index (χ3v) is 4.87. The Morgan fingerprint density at radius 3 is 1.93 bits per heavy atom. The zero-order chi connectivity index (χ0) is 22.7. The van der Waals surface area contributed by atoms with Crippen molar-refractivity contribution in [3.05, 3.63) is 29.3 Å². The van der Waals surface area contributed by atoms with Gasteiger partial charge in [-0.25, -0.2) is 4.79 Å². The second-order valence-electron chi connectivity index (χ2n) is 6.47.